The molecule has 18 heavy (non-hydrogen) atoms. The van der Waals surface area contributed by atoms with Crippen LogP contribution in [0.1, 0.15) is 12.5 Å². The lowest BCUT2D eigenvalue weighted by molar-refractivity contribution is -0.144. The van der Waals surface area contributed by atoms with Crippen LogP contribution >= 0.6 is 0 Å². The first-order valence-electron chi connectivity index (χ1n) is 6.08. The van der Waals surface area contributed by atoms with Crippen LogP contribution in [0.4, 0.5) is 0 Å². The van der Waals surface area contributed by atoms with E-state index >= 15 is 0 Å². The van der Waals surface area contributed by atoms with Crippen molar-refractivity contribution >= 4 is 16.9 Å². The molecule has 0 radical (unpaired) electrons. The van der Waals surface area contributed by atoms with Crippen molar-refractivity contribution in [3.63, 3.8) is 0 Å². The van der Waals surface area contributed by atoms with Crippen molar-refractivity contribution in [2.45, 2.75) is 19.4 Å². The summed E-state index contributed by atoms with van der Waals surface area (Å²) < 4.78 is 6.97. The van der Waals surface area contributed by atoms with Crippen LogP contribution in [-0.4, -0.2) is 23.2 Å². The van der Waals surface area contributed by atoms with Crippen molar-refractivity contribution in [3.05, 3.63) is 36.0 Å². The van der Waals surface area contributed by atoms with Gasteiger partial charge >= 0.3 is 5.97 Å². The van der Waals surface area contributed by atoms with E-state index in [-0.39, 0.29) is 5.97 Å². The van der Waals surface area contributed by atoms with E-state index in [4.69, 9.17) is 10.5 Å². The van der Waals surface area contributed by atoms with E-state index in [2.05, 4.69) is 6.07 Å². The Kier molecular flexibility index (Phi) is 3.67. The van der Waals surface area contributed by atoms with Gasteiger partial charge < -0.3 is 15.0 Å². The Hall–Kier alpha value is -1.81. The number of carbonyl (C=O) groups is 1. The molecular formula is C14H18N2O2. The molecule has 0 amide bonds. The number of fused-ring (bicyclic) bond motifs is 1. The molecule has 2 rings (SSSR count). The van der Waals surface area contributed by atoms with Crippen LogP contribution in [0.15, 0.2) is 30.5 Å². The SMILES string of the molecule is CCOC(=O)[C@H](N)Cc1cn(C)c2ccccc12. The highest BCUT2D eigenvalue weighted by atomic mass is 16.5. The highest BCUT2D eigenvalue weighted by molar-refractivity contribution is 5.85. The smallest absolute Gasteiger partial charge is 0.323 e. The number of ether oxygens (including phenoxy) is 1. The molecule has 2 N–H and O–H groups in total. The monoisotopic (exact) mass is 246 g/mol. The number of carbonyl (C=O) groups excluding carboxylic acids is 1. The quantitative estimate of drug-likeness (QED) is 0.834. The molecule has 1 aromatic heterocycles. The predicted molar refractivity (Wildman–Crippen MR) is 71.2 cm³/mol. The van der Waals surface area contributed by atoms with Crippen molar-refractivity contribution in [2.75, 3.05) is 6.61 Å². The molecule has 0 spiro atoms. The molecular weight excluding hydrogens is 228 g/mol. The Bertz CT molecular complexity index is 560. The predicted octanol–water partition coefficient (Wildman–Crippen LogP) is 1.61. The Morgan fingerprint density at radius 2 is 2.17 bits per heavy atom. The van der Waals surface area contributed by atoms with Crippen LogP contribution in [0, 0.1) is 0 Å². The molecule has 1 atom stereocenters. The lowest BCUT2D eigenvalue weighted by Crippen LogP contribution is -2.34. The molecule has 0 unspecified atom stereocenters. The normalized spacial score (nSPS) is 12.6. The molecule has 4 heteroatoms. The van der Waals surface area contributed by atoms with Crippen LogP contribution < -0.4 is 5.73 Å². The number of aromatic nitrogens is 1. The van der Waals surface area contributed by atoms with Gasteiger partial charge in [0.05, 0.1) is 6.61 Å². The van der Waals surface area contributed by atoms with Gasteiger partial charge in [0.15, 0.2) is 0 Å². The number of para-hydroxylation sites is 1. The molecule has 0 saturated heterocycles. The van der Waals surface area contributed by atoms with Gasteiger partial charge in [0, 0.05) is 30.6 Å². The van der Waals surface area contributed by atoms with Crippen LogP contribution in [0.2, 0.25) is 0 Å². The zero-order chi connectivity index (χ0) is 13.1. The van der Waals surface area contributed by atoms with Gasteiger partial charge in [-0.2, -0.15) is 0 Å². The van der Waals surface area contributed by atoms with E-state index in [1.807, 2.05) is 36.0 Å². The second-order valence-electron chi connectivity index (χ2n) is 4.35. The summed E-state index contributed by atoms with van der Waals surface area (Å²) in [6.45, 7) is 2.14. The molecule has 1 heterocycles. The van der Waals surface area contributed by atoms with E-state index < -0.39 is 6.04 Å². The number of rotatable bonds is 4. The third kappa shape index (κ3) is 2.38. The number of aryl methyl sites for hydroxylation is 1. The zero-order valence-corrected chi connectivity index (χ0v) is 10.7. The fraction of sp³-hybridized carbons (Fsp3) is 0.357. The van der Waals surface area contributed by atoms with E-state index in [0.717, 1.165) is 16.5 Å². The van der Waals surface area contributed by atoms with E-state index in [1.165, 1.54) is 0 Å². The van der Waals surface area contributed by atoms with Gasteiger partial charge in [0.25, 0.3) is 0 Å². The van der Waals surface area contributed by atoms with Crippen molar-refractivity contribution in [1.29, 1.82) is 0 Å². The maximum absolute atomic E-state index is 11.5. The van der Waals surface area contributed by atoms with E-state index in [1.54, 1.807) is 6.92 Å². The van der Waals surface area contributed by atoms with Crippen molar-refractivity contribution in [2.24, 2.45) is 12.8 Å². The van der Waals surface area contributed by atoms with Gasteiger partial charge in [-0.05, 0) is 18.6 Å². The minimum atomic E-state index is -0.601. The number of esters is 1. The molecule has 0 saturated carbocycles. The summed E-state index contributed by atoms with van der Waals surface area (Å²) in [5.41, 5.74) is 8.07. The van der Waals surface area contributed by atoms with Crippen molar-refractivity contribution in [3.8, 4) is 0 Å². The Morgan fingerprint density at radius 1 is 1.44 bits per heavy atom. The third-order valence-electron chi connectivity index (χ3n) is 3.01. The van der Waals surface area contributed by atoms with E-state index in [0.29, 0.717) is 13.0 Å². The number of hydrogen-bond donors (Lipinski definition) is 1. The van der Waals surface area contributed by atoms with E-state index in [9.17, 15) is 4.79 Å². The molecule has 0 fully saturated rings. The van der Waals surface area contributed by atoms with Gasteiger partial charge in [-0.1, -0.05) is 18.2 Å². The fourth-order valence-corrected chi connectivity index (χ4v) is 2.16. The van der Waals surface area contributed by atoms with Crippen LogP contribution in [0.3, 0.4) is 0 Å². The highest BCUT2D eigenvalue weighted by Crippen LogP contribution is 2.21. The first kappa shape index (κ1) is 12.6. The second-order valence-corrected chi connectivity index (χ2v) is 4.35. The van der Waals surface area contributed by atoms with Crippen molar-refractivity contribution in [1.82, 2.24) is 4.57 Å². The molecule has 0 aliphatic heterocycles. The summed E-state index contributed by atoms with van der Waals surface area (Å²) in [6.07, 6.45) is 2.52. The Labute approximate surface area is 106 Å². The maximum atomic E-state index is 11.5. The van der Waals surface area contributed by atoms with Gasteiger partial charge in [-0.3, -0.25) is 4.79 Å². The maximum Gasteiger partial charge on any atom is 0.323 e. The largest absolute Gasteiger partial charge is 0.465 e. The first-order valence-corrected chi connectivity index (χ1v) is 6.08. The summed E-state index contributed by atoms with van der Waals surface area (Å²) in [4.78, 5) is 11.5. The van der Waals surface area contributed by atoms with Gasteiger partial charge in [-0.25, -0.2) is 0 Å². The van der Waals surface area contributed by atoms with Gasteiger partial charge in [-0.15, -0.1) is 0 Å². The zero-order valence-electron chi connectivity index (χ0n) is 10.7. The number of benzene rings is 1. The summed E-state index contributed by atoms with van der Waals surface area (Å²) in [5.74, 6) is -0.342. The molecule has 0 aliphatic carbocycles. The minimum Gasteiger partial charge on any atom is -0.465 e. The molecule has 0 bridgehead atoms. The molecule has 1 aromatic carbocycles. The molecule has 96 valence electrons. The topological polar surface area (TPSA) is 57.2 Å². The highest BCUT2D eigenvalue weighted by Gasteiger charge is 2.17. The molecule has 4 nitrogen and oxygen atoms in total. The molecule has 2 aromatic rings. The van der Waals surface area contributed by atoms with Crippen LogP contribution in [-0.2, 0) is 23.0 Å². The summed E-state index contributed by atoms with van der Waals surface area (Å²) in [5, 5.41) is 1.14. The first-order chi connectivity index (χ1) is 8.63. The number of nitrogens with two attached hydrogens (primary N) is 1. The summed E-state index contributed by atoms with van der Waals surface area (Å²) in [7, 11) is 1.99. The second kappa shape index (κ2) is 5.23. The lowest BCUT2D eigenvalue weighted by atomic mass is 10.1. The number of nitrogens with zero attached hydrogens (tertiary/aromatic N) is 1. The standard InChI is InChI=1S/C14H18N2O2/c1-3-18-14(17)12(15)8-10-9-16(2)13-7-5-4-6-11(10)13/h4-7,9,12H,3,8,15H2,1-2H3/t12-/m1/s1. The van der Waals surface area contributed by atoms with Crippen LogP contribution in [0.25, 0.3) is 10.9 Å². The molecule has 0 aliphatic rings. The Morgan fingerprint density at radius 3 is 2.89 bits per heavy atom. The Balaban J connectivity index is 2.24. The fourth-order valence-electron chi connectivity index (χ4n) is 2.16. The number of hydrogen-bond acceptors (Lipinski definition) is 3. The average molecular weight is 246 g/mol. The summed E-state index contributed by atoms with van der Waals surface area (Å²) >= 11 is 0. The lowest BCUT2D eigenvalue weighted by Gasteiger charge is -2.09. The third-order valence-corrected chi connectivity index (χ3v) is 3.01. The summed E-state index contributed by atoms with van der Waals surface area (Å²) in [6, 6.07) is 7.48. The average Bonchev–Trinajstić information content (AvgIpc) is 2.67. The van der Waals surface area contributed by atoms with Crippen molar-refractivity contribution < 1.29 is 9.53 Å². The van der Waals surface area contributed by atoms with Gasteiger partial charge in [0.1, 0.15) is 6.04 Å². The van der Waals surface area contributed by atoms with Gasteiger partial charge in [0.2, 0.25) is 0 Å². The minimum absolute atomic E-state index is 0.342. The van der Waals surface area contributed by atoms with Crippen LogP contribution in [0.5, 0.6) is 0 Å².